The van der Waals surface area contributed by atoms with Crippen LogP contribution in [0.1, 0.15) is 23.7 Å². The SMILES string of the molecule is CCC[n+]1cc(Br)cc(C(=O)NCCOC(=O)N(CCOC(=O)Nc2cccc3ccccc23)c2ccccc2F)c1. The summed E-state index contributed by atoms with van der Waals surface area (Å²) >= 11 is 3.41. The summed E-state index contributed by atoms with van der Waals surface area (Å²) in [5.74, 6) is -0.966. The monoisotopic (exact) mass is 637 g/mol. The van der Waals surface area contributed by atoms with Gasteiger partial charge in [-0.1, -0.05) is 55.5 Å². The Hall–Kier alpha value is -4.51. The Morgan fingerprint density at radius 3 is 2.52 bits per heavy atom. The fraction of sp³-hybridized carbons (Fsp3) is 0.226. The fourth-order valence-electron chi connectivity index (χ4n) is 4.28. The Bertz CT molecular complexity index is 1560. The van der Waals surface area contributed by atoms with E-state index < -0.39 is 18.0 Å². The van der Waals surface area contributed by atoms with Crippen LogP contribution in [0.25, 0.3) is 10.8 Å². The number of ether oxygens (including phenoxy) is 2. The largest absolute Gasteiger partial charge is 0.447 e. The number of benzene rings is 3. The van der Waals surface area contributed by atoms with Crippen LogP contribution in [0.2, 0.25) is 0 Å². The molecule has 0 aliphatic carbocycles. The quantitative estimate of drug-likeness (QED) is 0.154. The van der Waals surface area contributed by atoms with E-state index in [2.05, 4.69) is 26.6 Å². The third kappa shape index (κ3) is 8.26. The molecule has 0 aliphatic rings. The first kappa shape index (κ1) is 30.4. The Kier molecular flexibility index (Phi) is 10.8. The summed E-state index contributed by atoms with van der Waals surface area (Å²) in [6.07, 6.45) is 2.97. The summed E-state index contributed by atoms with van der Waals surface area (Å²) in [6.45, 7) is 2.31. The fourth-order valence-corrected chi connectivity index (χ4v) is 4.79. The van der Waals surface area contributed by atoms with E-state index in [0.717, 1.165) is 33.1 Å². The maximum atomic E-state index is 14.6. The van der Waals surface area contributed by atoms with Gasteiger partial charge in [-0.15, -0.1) is 0 Å². The highest BCUT2D eigenvalue weighted by Crippen LogP contribution is 2.23. The lowest BCUT2D eigenvalue weighted by Gasteiger charge is -2.22. The topological polar surface area (TPSA) is 101 Å². The molecule has 9 nitrogen and oxygen atoms in total. The molecule has 0 unspecified atom stereocenters. The number of nitrogens with zero attached hydrogens (tertiary/aromatic N) is 2. The lowest BCUT2D eigenvalue weighted by atomic mass is 10.1. The van der Waals surface area contributed by atoms with Gasteiger partial charge in [-0.05, 0) is 45.6 Å². The average Bonchev–Trinajstić information content (AvgIpc) is 2.98. The van der Waals surface area contributed by atoms with Gasteiger partial charge >= 0.3 is 12.2 Å². The summed E-state index contributed by atoms with van der Waals surface area (Å²) in [4.78, 5) is 39.1. The number of aromatic nitrogens is 1. The molecule has 0 radical (unpaired) electrons. The maximum Gasteiger partial charge on any atom is 0.414 e. The molecule has 0 bridgehead atoms. The number of fused-ring (bicyclic) bond motifs is 1. The van der Waals surface area contributed by atoms with Crippen molar-refractivity contribution in [1.29, 1.82) is 0 Å². The molecule has 218 valence electrons. The molecule has 0 atom stereocenters. The minimum Gasteiger partial charge on any atom is -0.447 e. The molecule has 3 amide bonds. The van der Waals surface area contributed by atoms with Gasteiger partial charge in [-0.2, -0.15) is 0 Å². The Morgan fingerprint density at radius 2 is 1.71 bits per heavy atom. The number of amides is 3. The summed E-state index contributed by atoms with van der Waals surface area (Å²) in [5.41, 5.74) is 1.00. The molecule has 42 heavy (non-hydrogen) atoms. The highest BCUT2D eigenvalue weighted by molar-refractivity contribution is 9.10. The first-order valence-corrected chi connectivity index (χ1v) is 14.2. The van der Waals surface area contributed by atoms with E-state index in [1.165, 1.54) is 18.2 Å². The normalized spacial score (nSPS) is 10.6. The smallest absolute Gasteiger partial charge is 0.414 e. The number of nitrogens with one attached hydrogen (secondary N) is 2. The van der Waals surface area contributed by atoms with Crippen molar-refractivity contribution in [3.8, 4) is 0 Å². The number of rotatable bonds is 11. The molecule has 11 heteroatoms. The average molecular weight is 639 g/mol. The van der Waals surface area contributed by atoms with Crippen molar-refractivity contribution in [1.82, 2.24) is 5.32 Å². The van der Waals surface area contributed by atoms with Crippen LogP contribution in [-0.4, -0.2) is 44.4 Å². The molecule has 0 fully saturated rings. The number of carbonyl (C=O) groups is 3. The van der Waals surface area contributed by atoms with Gasteiger partial charge in [-0.3, -0.25) is 15.0 Å². The van der Waals surface area contributed by atoms with E-state index in [1.807, 2.05) is 54.1 Å². The van der Waals surface area contributed by atoms with Crippen LogP contribution in [0.3, 0.4) is 0 Å². The van der Waals surface area contributed by atoms with Crippen LogP contribution in [0.4, 0.5) is 25.4 Å². The van der Waals surface area contributed by atoms with Crippen LogP contribution >= 0.6 is 15.9 Å². The number of pyridine rings is 1. The van der Waals surface area contributed by atoms with Crippen molar-refractivity contribution in [3.63, 3.8) is 0 Å². The van der Waals surface area contributed by atoms with E-state index in [-0.39, 0.29) is 37.9 Å². The molecule has 4 aromatic rings. The number of hydrogen-bond acceptors (Lipinski definition) is 5. The van der Waals surface area contributed by atoms with Crippen LogP contribution in [-0.2, 0) is 16.0 Å². The van der Waals surface area contributed by atoms with Crippen LogP contribution in [0.5, 0.6) is 0 Å². The van der Waals surface area contributed by atoms with Crippen molar-refractivity contribution in [2.45, 2.75) is 19.9 Å². The number of aryl methyl sites for hydroxylation is 1. The van der Waals surface area contributed by atoms with Gasteiger partial charge in [-0.25, -0.2) is 18.5 Å². The molecule has 0 spiro atoms. The lowest BCUT2D eigenvalue weighted by Crippen LogP contribution is -2.38. The van der Waals surface area contributed by atoms with E-state index in [0.29, 0.717) is 11.3 Å². The van der Waals surface area contributed by atoms with Crippen molar-refractivity contribution >= 4 is 56.2 Å². The van der Waals surface area contributed by atoms with Gasteiger partial charge in [0.1, 0.15) is 31.1 Å². The molecule has 0 saturated heterocycles. The molecule has 3 aromatic carbocycles. The Labute approximate surface area is 251 Å². The third-order valence-corrected chi connectivity index (χ3v) is 6.62. The molecular formula is C31H31BrFN4O5+. The predicted molar refractivity (Wildman–Crippen MR) is 161 cm³/mol. The molecule has 1 aromatic heterocycles. The van der Waals surface area contributed by atoms with Crippen molar-refractivity contribution in [3.05, 3.63) is 101 Å². The Morgan fingerprint density at radius 1 is 0.952 bits per heavy atom. The van der Waals surface area contributed by atoms with E-state index in [1.54, 1.807) is 24.4 Å². The van der Waals surface area contributed by atoms with Crippen molar-refractivity contribution in [2.75, 3.05) is 36.5 Å². The maximum absolute atomic E-state index is 14.6. The molecule has 4 rings (SSSR count). The van der Waals surface area contributed by atoms with E-state index in [4.69, 9.17) is 9.47 Å². The number of halogens is 2. The predicted octanol–water partition coefficient (Wildman–Crippen LogP) is 6.06. The second-order valence-electron chi connectivity index (χ2n) is 9.24. The second kappa shape index (κ2) is 14.9. The first-order valence-electron chi connectivity index (χ1n) is 13.4. The molecule has 1 heterocycles. The van der Waals surface area contributed by atoms with Gasteiger partial charge in [0.2, 0.25) is 0 Å². The molecule has 0 aliphatic heterocycles. The highest BCUT2D eigenvalue weighted by atomic mass is 79.9. The summed E-state index contributed by atoms with van der Waals surface area (Å²) in [7, 11) is 0. The van der Waals surface area contributed by atoms with Crippen LogP contribution < -0.4 is 20.1 Å². The number of carbonyl (C=O) groups excluding carboxylic acids is 3. The standard InChI is InChI=1S/C31H30BrFN4O5/c1-2-15-36-20-23(19-24(32)21-36)29(38)34-14-17-42-31(40)37(28-13-6-5-11-26(28)33)16-18-41-30(39)35-27-12-7-9-22-8-3-4-10-25(22)27/h3-13,19-21H,2,14-18H2,1H3,(H-,34,35,38,39)/p+1. The van der Waals surface area contributed by atoms with Gasteiger partial charge in [0.15, 0.2) is 12.4 Å². The van der Waals surface area contributed by atoms with Crippen molar-refractivity contribution in [2.24, 2.45) is 0 Å². The van der Waals surface area contributed by atoms with Gasteiger partial charge < -0.3 is 14.8 Å². The molecule has 2 N–H and O–H groups in total. The summed E-state index contributed by atoms with van der Waals surface area (Å²) < 4.78 is 27.9. The van der Waals surface area contributed by atoms with Gasteiger partial charge in [0.05, 0.1) is 28.9 Å². The number of hydrogen-bond donors (Lipinski definition) is 2. The summed E-state index contributed by atoms with van der Waals surface area (Å²) in [6, 6.07) is 20.5. The molecular weight excluding hydrogens is 607 g/mol. The second-order valence-corrected chi connectivity index (χ2v) is 10.2. The van der Waals surface area contributed by atoms with Crippen molar-refractivity contribution < 1.29 is 32.8 Å². The minimum atomic E-state index is -0.851. The number of anilines is 2. The minimum absolute atomic E-state index is 0.0285. The van der Waals surface area contributed by atoms with E-state index in [9.17, 15) is 18.8 Å². The van der Waals surface area contributed by atoms with Crippen LogP contribution in [0.15, 0.2) is 89.7 Å². The molecule has 0 saturated carbocycles. The van der Waals surface area contributed by atoms with E-state index >= 15 is 0 Å². The van der Waals surface area contributed by atoms with Gasteiger partial charge in [0, 0.05) is 11.8 Å². The third-order valence-electron chi connectivity index (χ3n) is 6.18. The first-order chi connectivity index (χ1) is 20.4. The zero-order valence-electron chi connectivity index (χ0n) is 23.0. The summed E-state index contributed by atoms with van der Waals surface area (Å²) in [5, 5.41) is 7.22. The van der Waals surface area contributed by atoms with Gasteiger partial charge in [0.25, 0.3) is 5.91 Å². The Balaban J connectivity index is 1.31. The van der Waals surface area contributed by atoms with Crippen LogP contribution in [0, 0.1) is 5.82 Å². The zero-order chi connectivity index (χ0) is 29.9. The highest BCUT2D eigenvalue weighted by Gasteiger charge is 2.21. The number of para-hydroxylation sites is 1. The lowest BCUT2D eigenvalue weighted by molar-refractivity contribution is -0.697. The zero-order valence-corrected chi connectivity index (χ0v) is 24.6.